The van der Waals surface area contributed by atoms with Crippen molar-refractivity contribution in [3.8, 4) is 17.2 Å². The van der Waals surface area contributed by atoms with Crippen LogP contribution in [0, 0.1) is 0 Å². The van der Waals surface area contributed by atoms with E-state index in [-0.39, 0.29) is 11.3 Å². The summed E-state index contributed by atoms with van der Waals surface area (Å²) in [6, 6.07) is 3.31. The van der Waals surface area contributed by atoms with Gasteiger partial charge in [-0.25, -0.2) is 9.48 Å². The molecule has 8 heteroatoms. The maximum Gasteiger partial charge on any atom is 0.344 e. The molecule has 0 spiro atoms. The molecule has 1 aromatic carbocycles. The molecule has 27 heavy (non-hydrogen) atoms. The topological polar surface area (TPSA) is 62.6 Å². The summed E-state index contributed by atoms with van der Waals surface area (Å²) >= 11 is 0. The predicted molar refractivity (Wildman–Crippen MR) is 95.9 cm³/mol. The van der Waals surface area contributed by atoms with E-state index in [1.54, 1.807) is 12.1 Å². The molecule has 0 atom stereocenters. The Morgan fingerprint density at radius 2 is 1.81 bits per heavy atom. The quantitative estimate of drug-likeness (QED) is 0.655. The SMILES string of the molecule is CCOc1cc(OCC)c(C(C)(C)C)c(C(=O)Oc2cnn(C(F)F)c2)c1. The highest BCUT2D eigenvalue weighted by Gasteiger charge is 2.29. The number of rotatable bonds is 7. The number of halogens is 2. The highest BCUT2D eigenvalue weighted by molar-refractivity contribution is 5.94. The van der Waals surface area contributed by atoms with Gasteiger partial charge < -0.3 is 14.2 Å². The summed E-state index contributed by atoms with van der Waals surface area (Å²) in [5.74, 6) is 0.214. The van der Waals surface area contributed by atoms with Crippen molar-refractivity contribution in [2.24, 2.45) is 0 Å². The number of esters is 1. The fraction of sp³-hybridized carbons (Fsp3) is 0.474. The molecule has 1 heterocycles. The van der Waals surface area contributed by atoms with Crippen molar-refractivity contribution in [3.63, 3.8) is 0 Å². The smallest absolute Gasteiger partial charge is 0.344 e. The van der Waals surface area contributed by atoms with Crippen LogP contribution in [0.5, 0.6) is 17.2 Å². The lowest BCUT2D eigenvalue weighted by atomic mass is 9.82. The van der Waals surface area contributed by atoms with Crippen LogP contribution in [-0.2, 0) is 5.41 Å². The molecule has 2 rings (SSSR count). The summed E-state index contributed by atoms with van der Waals surface area (Å²) in [6.45, 7) is 7.51. The van der Waals surface area contributed by atoms with Gasteiger partial charge in [-0.15, -0.1) is 0 Å². The number of hydrogen-bond acceptors (Lipinski definition) is 5. The Kier molecular flexibility index (Phi) is 6.41. The summed E-state index contributed by atoms with van der Waals surface area (Å²) in [6.07, 6.45) is 2.03. The Hall–Kier alpha value is -2.64. The summed E-state index contributed by atoms with van der Waals surface area (Å²) in [7, 11) is 0. The summed E-state index contributed by atoms with van der Waals surface area (Å²) in [5.41, 5.74) is 0.470. The summed E-state index contributed by atoms with van der Waals surface area (Å²) in [4.78, 5) is 12.8. The first-order valence-electron chi connectivity index (χ1n) is 8.66. The second-order valence-corrected chi connectivity index (χ2v) is 6.78. The maximum absolute atomic E-state index is 12.8. The predicted octanol–water partition coefficient (Wildman–Crippen LogP) is 4.59. The number of carbonyl (C=O) groups is 1. The van der Waals surface area contributed by atoms with E-state index in [0.717, 1.165) is 12.4 Å². The molecule has 0 saturated heterocycles. The first kappa shape index (κ1) is 20.7. The lowest BCUT2D eigenvalue weighted by Gasteiger charge is -2.26. The van der Waals surface area contributed by atoms with Crippen LogP contribution in [-0.4, -0.2) is 29.0 Å². The fourth-order valence-electron chi connectivity index (χ4n) is 2.69. The first-order valence-corrected chi connectivity index (χ1v) is 8.66. The second-order valence-electron chi connectivity index (χ2n) is 6.78. The average Bonchev–Trinajstić information content (AvgIpc) is 3.02. The van der Waals surface area contributed by atoms with E-state index in [0.29, 0.717) is 35.0 Å². The lowest BCUT2D eigenvalue weighted by Crippen LogP contribution is -2.21. The van der Waals surface area contributed by atoms with Crippen LogP contribution in [0.4, 0.5) is 8.78 Å². The van der Waals surface area contributed by atoms with Crippen molar-refractivity contribution in [2.45, 2.75) is 46.6 Å². The van der Waals surface area contributed by atoms with E-state index >= 15 is 0 Å². The molecule has 6 nitrogen and oxygen atoms in total. The molecule has 0 aliphatic rings. The van der Waals surface area contributed by atoms with Crippen LogP contribution in [0.2, 0.25) is 0 Å². The van der Waals surface area contributed by atoms with Crippen LogP contribution < -0.4 is 14.2 Å². The number of hydrogen-bond donors (Lipinski definition) is 0. The summed E-state index contributed by atoms with van der Waals surface area (Å²) in [5, 5.41) is 3.47. The molecule has 0 unspecified atom stereocenters. The van der Waals surface area contributed by atoms with E-state index in [1.165, 1.54) is 0 Å². The molecule has 0 saturated carbocycles. The van der Waals surface area contributed by atoms with E-state index in [4.69, 9.17) is 14.2 Å². The van der Waals surface area contributed by atoms with E-state index < -0.39 is 17.9 Å². The normalized spacial score (nSPS) is 11.6. The zero-order valence-electron chi connectivity index (χ0n) is 16.1. The minimum absolute atomic E-state index is 0.0695. The van der Waals surface area contributed by atoms with Crippen molar-refractivity contribution in [2.75, 3.05) is 13.2 Å². The van der Waals surface area contributed by atoms with Gasteiger partial charge >= 0.3 is 12.5 Å². The van der Waals surface area contributed by atoms with Crippen LogP contribution in [0.3, 0.4) is 0 Å². The van der Waals surface area contributed by atoms with Gasteiger partial charge in [0.1, 0.15) is 11.5 Å². The molecule has 0 fully saturated rings. The number of carbonyl (C=O) groups excluding carboxylic acids is 1. The molecule has 148 valence electrons. The van der Waals surface area contributed by atoms with Crippen molar-refractivity contribution >= 4 is 5.97 Å². The van der Waals surface area contributed by atoms with E-state index in [9.17, 15) is 13.6 Å². The molecule has 2 aromatic rings. The first-order chi connectivity index (χ1) is 12.7. The molecule has 0 bridgehead atoms. The van der Waals surface area contributed by atoms with Gasteiger partial charge in [0, 0.05) is 11.6 Å². The number of benzene rings is 1. The van der Waals surface area contributed by atoms with Crippen LogP contribution in [0.1, 0.15) is 57.1 Å². The number of nitrogens with zero attached hydrogens (tertiary/aromatic N) is 2. The lowest BCUT2D eigenvalue weighted by molar-refractivity contribution is 0.0557. The van der Waals surface area contributed by atoms with Gasteiger partial charge in [0.05, 0.1) is 31.2 Å². The molecule has 0 radical (unpaired) electrons. The standard InChI is InChI=1S/C19H24F2N2O4/c1-6-25-12-8-14(16(19(3,4)5)15(9-12)26-7-2)17(24)27-13-10-22-23(11-13)18(20)21/h8-11,18H,6-7H2,1-5H3. The molecular formula is C19H24F2N2O4. The third-order valence-electron chi connectivity index (χ3n) is 3.64. The monoisotopic (exact) mass is 382 g/mol. The zero-order chi connectivity index (χ0) is 20.2. The highest BCUT2D eigenvalue weighted by Crippen LogP contribution is 2.38. The molecule has 0 amide bonds. The van der Waals surface area contributed by atoms with Gasteiger partial charge in [-0.05, 0) is 25.3 Å². The number of alkyl halides is 2. The molecule has 0 aliphatic heterocycles. The highest BCUT2D eigenvalue weighted by atomic mass is 19.3. The maximum atomic E-state index is 12.8. The minimum Gasteiger partial charge on any atom is -0.494 e. The van der Waals surface area contributed by atoms with Gasteiger partial charge in [-0.2, -0.15) is 13.9 Å². The van der Waals surface area contributed by atoms with E-state index in [1.807, 2.05) is 34.6 Å². The third kappa shape index (κ3) is 4.96. The molecule has 0 N–H and O–H groups in total. The van der Waals surface area contributed by atoms with Gasteiger partial charge in [-0.3, -0.25) is 0 Å². The van der Waals surface area contributed by atoms with Crippen LogP contribution >= 0.6 is 0 Å². The number of ether oxygens (including phenoxy) is 3. The third-order valence-corrected chi connectivity index (χ3v) is 3.64. The molecule has 0 aliphatic carbocycles. The Morgan fingerprint density at radius 1 is 1.15 bits per heavy atom. The van der Waals surface area contributed by atoms with Gasteiger partial charge in [0.15, 0.2) is 5.75 Å². The number of aromatic nitrogens is 2. The van der Waals surface area contributed by atoms with Crippen molar-refractivity contribution in [1.29, 1.82) is 0 Å². The fourth-order valence-corrected chi connectivity index (χ4v) is 2.69. The van der Waals surface area contributed by atoms with Crippen LogP contribution in [0.15, 0.2) is 24.5 Å². The molecule has 1 aromatic heterocycles. The Morgan fingerprint density at radius 3 is 2.33 bits per heavy atom. The average molecular weight is 382 g/mol. The Labute approximate surface area is 157 Å². The van der Waals surface area contributed by atoms with Gasteiger partial charge in [-0.1, -0.05) is 20.8 Å². The van der Waals surface area contributed by atoms with Crippen molar-refractivity contribution in [1.82, 2.24) is 9.78 Å². The zero-order valence-corrected chi connectivity index (χ0v) is 16.1. The van der Waals surface area contributed by atoms with Crippen molar-refractivity contribution < 1.29 is 27.8 Å². The van der Waals surface area contributed by atoms with Gasteiger partial charge in [0.2, 0.25) is 0 Å². The van der Waals surface area contributed by atoms with E-state index in [2.05, 4.69) is 5.10 Å². The molecular weight excluding hydrogens is 358 g/mol. The van der Waals surface area contributed by atoms with Crippen LogP contribution in [0.25, 0.3) is 0 Å². The Bertz CT molecular complexity index is 797. The van der Waals surface area contributed by atoms with Crippen molar-refractivity contribution in [3.05, 3.63) is 35.7 Å². The minimum atomic E-state index is -2.81. The largest absolute Gasteiger partial charge is 0.494 e. The van der Waals surface area contributed by atoms with Gasteiger partial charge in [0.25, 0.3) is 0 Å². The summed E-state index contributed by atoms with van der Waals surface area (Å²) < 4.78 is 42.3. The Balaban J connectivity index is 2.48. The second kappa shape index (κ2) is 8.37.